The van der Waals surface area contributed by atoms with Crippen LogP contribution in [0.2, 0.25) is 0 Å². The van der Waals surface area contributed by atoms with Gasteiger partial charge in [-0.1, -0.05) is 0 Å². The lowest BCUT2D eigenvalue weighted by Gasteiger charge is -2.26. The summed E-state index contributed by atoms with van der Waals surface area (Å²) in [6.07, 6.45) is 0.744. The Hall–Kier alpha value is -1.63. The third-order valence-electron chi connectivity index (χ3n) is 2.49. The van der Waals surface area contributed by atoms with Crippen molar-refractivity contribution in [2.45, 2.75) is 31.8 Å². The van der Waals surface area contributed by atoms with Gasteiger partial charge in [0.1, 0.15) is 0 Å². The Balaban J connectivity index is 2.67. The van der Waals surface area contributed by atoms with Gasteiger partial charge in [0, 0.05) is 11.6 Å². The molecule has 0 saturated heterocycles. The lowest BCUT2D eigenvalue weighted by Crippen LogP contribution is -2.33. The molecule has 16 heavy (non-hydrogen) atoms. The highest BCUT2D eigenvalue weighted by atomic mass is 16.4. The van der Waals surface area contributed by atoms with Crippen molar-refractivity contribution in [3.05, 3.63) is 0 Å². The number of amides is 2. The molecule has 0 spiro atoms. The van der Waals surface area contributed by atoms with Crippen LogP contribution in [0.3, 0.4) is 0 Å². The molecule has 0 bridgehead atoms. The number of nitrogens with one attached hydrogen (secondary N) is 1. The van der Waals surface area contributed by atoms with Crippen LogP contribution in [-0.2, 0) is 4.79 Å². The van der Waals surface area contributed by atoms with E-state index in [1.54, 1.807) is 0 Å². The van der Waals surface area contributed by atoms with E-state index in [9.17, 15) is 14.7 Å². The number of primary amides is 1. The van der Waals surface area contributed by atoms with Gasteiger partial charge in [0.25, 0.3) is 0 Å². The van der Waals surface area contributed by atoms with Crippen LogP contribution in [-0.4, -0.2) is 34.0 Å². The maximum Gasteiger partial charge on any atom is 0.332 e. The van der Waals surface area contributed by atoms with E-state index in [-0.39, 0.29) is 12.3 Å². The van der Waals surface area contributed by atoms with Crippen molar-refractivity contribution in [2.75, 3.05) is 0 Å². The number of hydrazone groups is 1. The molecule has 0 radical (unpaired) electrons. The minimum Gasteiger partial charge on any atom is -0.481 e. The first-order valence-electron chi connectivity index (χ1n) is 5.00. The molecule has 2 atom stereocenters. The van der Waals surface area contributed by atoms with Crippen LogP contribution in [0.25, 0.3) is 0 Å². The summed E-state index contributed by atoms with van der Waals surface area (Å²) in [4.78, 5) is 21.1. The van der Waals surface area contributed by atoms with E-state index < -0.39 is 18.1 Å². The number of nitrogens with zero attached hydrogens (tertiary/aromatic N) is 1. The van der Waals surface area contributed by atoms with Gasteiger partial charge in [-0.25, -0.2) is 10.2 Å². The first-order chi connectivity index (χ1) is 7.49. The van der Waals surface area contributed by atoms with E-state index in [1.807, 2.05) is 0 Å². The molecule has 90 valence electrons. The third kappa shape index (κ3) is 3.85. The molecule has 1 aliphatic carbocycles. The molecular formula is C9H15N3O4. The summed E-state index contributed by atoms with van der Waals surface area (Å²) in [5, 5.41) is 21.9. The fourth-order valence-electron chi connectivity index (χ4n) is 1.79. The predicted octanol–water partition coefficient (Wildman–Crippen LogP) is -0.354. The van der Waals surface area contributed by atoms with Crippen molar-refractivity contribution in [2.24, 2.45) is 16.8 Å². The van der Waals surface area contributed by atoms with E-state index >= 15 is 0 Å². The van der Waals surface area contributed by atoms with Gasteiger partial charge in [0.05, 0.1) is 12.5 Å². The van der Waals surface area contributed by atoms with E-state index in [0.717, 1.165) is 0 Å². The van der Waals surface area contributed by atoms with Gasteiger partial charge in [-0.05, 0) is 19.3 Å². The summed E-state index contributed by atoms with van der Waals surface area (Å²) in [5.74, 6) is -1.29. The lowest BCUT2D eigenvalue weighted by atomic mass is 9.83. The van der Waals surface area contributed by atoms with Crippen LogP contribution in [0.5, 0.6) is 0 Å². The molecule has 5 N–H and O–H groups in total. The topological polar surface area (TPSA) is 125 Å². The molecular weight excluding hydrogens is 214 g/mol. The van der Waals surface area contributed by atoms with Gasteiger partial charge in [-0.2, -0.15) is 5.10 Å². The summed E-state index contributed by atoms with van der Waals surface area (Å²) in [6, 6.07) is -0.785. The number of carbonyl (C=O) groups is 2. The Morgan fingerprint density at radius 1 is 1.56 bits per heavy atom. The zero-order chi connectivity index (χ0) is 12.1. The average molecular weight is 229 g/mol. The number of aliphatic hydroxyl groups excluding tert-OH is 1. The molecule has 0 heterocycles. The highest BCUT2D eigenvalue weighted by Gasteiger charge is 2.28. The summed E-state index contributed by atoms with van der Waals surface area (Å²) < 4.78 is 0. The van der Waals surface area contributed by atoms with Crippen LogP contribution in [0.15, 0.2) is 5.10 Å². The second-order valence-electron chi connectivity index (χ2n) is 3.80. The van der Waals surface area contributed by atoms with E-state index in [4.69, 9.17) is 10.8 Å². The number of urea groups is 1. The quantitative estimate of drug-likeness (QED) is 0.493. The Morgan fingerprint density at radius 3 is 2.81 bits per heavy atom. The number of aliphatic carboxylic acids is 1. The summed E-state index contributed by atoms with van der Waals surface area (Å²) in [5.41, 5.74) is 7.52. The second kappa shape index (κ2) is 5.45. The number of hydrogen-bond donors (Lipinski definition) is 4. The first kappa shape index (κ1) is 12.4. The largest absolute Gasteiger partial charge is 0.481 e. The predicted molar refractivity (Wildman–Crippen MR) is 55.8 cm³/mol. The van der Waals surface area contributed by atoms with Crippen molar-refractivity contribution >= 4 is 17.7 Å². The molecule has 1 fully saturated rings. The molecule has 1 aliphatic rings. The van der Waals surface area contributed by atoms with Crippen molar-refractivity contribution in [1.29, 1.82) is 0 Å². The monoisotopic (exact) mass is 229 g/mol. The Kier molecular flexibility index (Phi) is 4.24. The Morgan fingerprint density at radius 2 is 2.25 bits per heavy atom. The second-order valence-corrected chi connectivity index (χ2v) is 3.80. The van der Waals surface area contributed by atoms with Gasteiger partial charge in [-0.15, -0.1) is 0 Å². The lowest BCUT2D eigenvalue weighted by molar-refractivity contribution is -0.137. The molecule has 2 amide bonds. The average Bonchev–Trinajstić information content (AvgIpc) is 2.15. The number of nitrogens with two attached hydrogens (primary N) is 1. The molecule has 7 heteroatoms. The molecule has 0 aromatic heterocycles. The normalized spacial score (nSPS) is 27.7. The zero-order valence-electron chi connectivity index (χ0n) is 8.72. The smallest absolute Gasteiger partial charge is 0.332 e. The molecule has 7 nitrogen and oxygen atoms in total. The highest BCUT2D eigenvalue weighted by Crippen LogP contribution is 2.24. The van der Waals surface area contributed by atoms with Crippen LogP contribution in [0.4, 0.5) is 4.79 Å². The fraction of sp³-hybridized carbons (Fsp3) is 0.667. The van der Waals surface area contributed by atoms with Gasteiger partial charge < -0.3 is 15.9 Å². The van der Waals surface area contributed by atoms with Crippen molar-refractivity contribution in [3.8, 4) is 0 Å². The minimum absolute atomic E-state index is 0.101. The number of carbonyl (C=O) groups excluding carboxylic acids is 1. The van der Waals surface area contributed by atoms with E-state index in [0.29, 0.717) is 25.0 Å². The summed E-state index contributed by atoms with van der Waals surface area (Å²) in [7, 11) is 0. The van der Waals surface area contributed by atoms with E-state index in [2.05, 4.69) is 10.5 Å². The van der Waals surface area contributed by atoms with Crippen LogP contribution in [0, 0.1) is 5.92 Å². The van der Waals surface area contributed by atoms with Gasteiger partial charge in [0.15, 0.2) is 0 Å². The number of carboxylic acid groups (broad SMARTS) is 1. The summed E-state index contributed by atoms with van der Waals surface area (Å²) >= 11 is 0. The van der Waals surface area contributed by atoms with E-state index in [1.165, 1.54) is 0 Å². The van der Waals surface area contributed by atoms with Gasteiger partial charge >= 0.3 is 12.0 Å². The van der Waals surface area contributed by atoms with Crippen LogP contribution >= 0.6 is 0 Å². The highest BCUT2D eigenvalue weighted by molar-refractivity contribution is 5.91. The molecule has 1 saturated carbocycles. The number of hydrogen-bond acceptors (Lipinski definition) is 4. The van der Waals surface area contributed by atoms with Crippen LogP contribution in [0.1, 0.15) is 25.7 Å². The fourth-order valence-corrected chi connectivity index (χ4v) is 1.79. The summed E-state index contributed by atoms with van der Waals surface area (Å²) in [6.45, 7) is 0. The van der Waals surface area contributed by atoms with Crippen molar-refractivity contribution in [3.63, 3.8) is 0 Å². The molecule has 0 aromatic rings. The zero-order valence-corrected chi connectivity index (χ0v) is 8.72. The standard InChI is InChI=1S/C9H15N3O4/c10-9(16)12-11-7-2-1-6(13)3-5(7)4-8(14)15/h5-6,13H,1-4H2,(H,14,15)(H3,10,12,16)/b11-7-/t5-,6+/m0/s1. The van der Waals surface area contributed by atoms with Gasteiger partial charge in [0.2, 0.25) is 0 Å². The minimum atomic E-state index is -0.953. The molecule has 0 aliphatic heterocycles. The van der Waals surface area contributed by atoms with Gasteiger partial charge in [-0.3, -0.25) is 4.79 Å². The Labute approximate surface area is 92.3 Å². The Bertz CT molecular complexity index is 316. The molecule has 0 aromatic carbocycles. The molecule has 0 unspecified atom stereocenters. The van der Waals surface area contributed by atoms with Crippen molar-refractivity contribution < 1.29 is 19.8 Å². The van der Waals surface area contributed by atoms with Crippen LogP contribution < -0.4 is 11.2 Å². The molecule has 1 rings (SSSR count). The maximum absolute atomic E-state index is 10.6. The number of aliphatic hydroxyl groups is 1. The van der Waals surface area contributed by atoms with Crippen molar-refractivity contribution in [1.82, 2.24) is 5.43 Å². The number of carboxylic acids is 1. The maximum atomic E-state index is 10.6. The number of rotatable bonds is 3. The SMILES string of the molecule is NC(=O)N/N=C1/CC[C@@H](O)C[C@H]1CC(=O)O. The first-order valence-corrected chi connectivity index (χ1v) is 5.00. The third-order valence-corrected chi connectivity index (χ3v) is 2.49.